The number of amides is 1. The number of carbonyl (C=O) groups is 1. The molecular weight excluding hydrogens is 316 g/mol. The van der Waals surface area contributed by atoms with Crippen LogP contribution < -0.4 is 10.1 Å². The van der Waals surface area contributed by atoms with Crippen LogP contribution in [0.25, 0.3) is 5.82 Å². The summed E-state index contributed by atoms with van der Waals surface area (Å²) in [6.45, 7) is 5.83. The number of nitrogens with zero attached hydrogens (tertiary/aromatic N) is 3. The maximum absolute atomic E-state index is 12.3. The summed E-state index contributed by atoms with van der Waals surface area (Å²) in [5, 5.41) is 2.84. The van der Waals surface area contributed by atoms with Gasteiger partial charge in [0.1, 0.15) is 17.4 Å². The lowest BCUT2D eigenvalue weighted by Gasteiger charge is -2.10. The highest BCUT2D eigenvalue weighted by molar-refractivity contribution is 6.04. The molecule has 3 rings (SSSR count). The van der Waals surface area contributed by atoms with E-state index < -0.39 is 0 Å². The quantitative estimate of drug-likeness (QED) is 0.773. The fourth-order valence-electron chi connectivity index (χ4n) is 2.38. The molecule has 1 aromatic carbocycles. The number of aromatic nitrogens is 3. The number of imidazole rings is 1. The van der Waals surface area contributed by atoms with Gasteiger partial charge in [0.15, 0.2) is 0 Å². The highest BCUT2D eigenvalue weighted by atomic mass is 16.5. The van der Waals surface area contributed by atoms with Crippen LogP contribution in [0.5, 0.6) is 5.75 Å². The number of rotatable bonds is 5. The summed E-state index contributed by atoms with van der Waals surface area (Å²) in [5.41, 5.74) is 1.19. The predicted octanol–water partition coefficient (Wildman–Crippen LogP) is 3.62. The fraction of sp³-hybridized carbons (Fsp3) is 0.211. The highest BCUT2D eigenvalue weighted by Crippen LogP contribution is 2.16. The lowest BCUT2D eigenvalue weighted by molar-refractivity contribution is 0.102. The van der Waals surface area contributed by atoms with E-state index in [1.165, 1.54) is 0 Å². The molecule has 0 saturated carbocycles. The molecule has 0 unspecified atom stereocenters. The molecule has 3 aromatic rings. The third-order valence-electron chi connectivity index (χ3n) is 3.57. The number of pyridine rings is 1. The van der Waals surface area contributed by atoms with Gasteiger partial charge in [0.05, 0.1) is 18.0 Å². The summed E-state index contributed by atoms with van der Waals surface area (Å²) in [7, 11) is 0. The first-order valence-electron chi connectivity index (χ1n) is 8.07. The minimum Gasteiger partial charge on any atom is -0.491 e. The monoisotopic (exact) mass is 336 g/mol. The summed E-state index contributed by atoms with van der Waals surface area (Å²) in [4.78, 5) is 20.9. The molecule has 0 aliphatic carbocycles. The average Bonchev–Trinajstić information content (AvgIpc) is 3.02. The zero-order valence-corrected chi connectivity index (χ0v) is 14.4. The Bertz CT molecular complexity index is 852. The van der Waals surface area contributed by atoms with E-state index in [0.717, 1.165) is 17.4 Å². The third-order valence-corrected chi connectivity index (χ3v) is 3.57. The van der Waals surface area contributed by atoms with Crippen molar-refractivity contribution in [2.24, 2.45) is 0 Å². The molecule has 1 amide bonds. The summed E-state index contributed by atoms with van der Waals surface area (Å²) in [6.07, 6.45) is 5.29. The highest BCUT2D eigenvalue weighted by Gasteiger charge is 2.08. The molecule has 0 aliphatic heterocycles. The van der Waals surface area contributed by atoms with Crippen molar-refractivity contribution in [3.05, 3.63) is 66.4 Å². The van der Waals surface area contributed by atoms with Gasteiger partial charge in [0.25, 0.3) is 5.91 Å². The van der Waals surface area contributed by atoms with Crippen LogP contribution in [0, 0.1) is 6.92 Å². The number of aryl methyl sites for hydroxylation is 1. The molecule has 2 heterocycles. The van der Waals surface area contributed by atoms with Gasteiger partial charge in [0, 0.05) is 18.0 Å². The number of hydrogen-bond donors (Lipinski definition) is 1. The number of nitrogens with one attached hydrogen (secondary N) is 1. The Morgan fingerprint density at radius 2 is 1.88 bits per heavy atom. The van der Waals surface area contributed by atoms with Crippen LogP contribution in [0.4, 0.5) is 5.69 Å². The van der Waals surface area contributed by atoms with Gasteiger partial charge in [-0.05, 0) is 57.2 Å². The molecule has 6 nitrogen and oxygen atoms in total. The van der Waals surface area contributed by atoms with Crippen molar-refractivity contribution in [2.75, 3.05) is 5.32 Å². The molecule has 0 saturated heterocycles. The van der Waals surface area contributed by atoms with Crippen LogP contribution in [0.15, 0.2) is 55.0 Å². The lowest BCUT2D eigenvalue weighted by Crippen LogP contribution is -2.12. The predicted molar refractivity (Wildman–Crippen MR) is 96.3 cm³/mol. The maximum Gasteiger partial charge on any atom is 0.255 e. The minimum atomic E-state index is -0.190. The van der Waals surface area contributed by atoms with E-state index in [0.29, 0.717) is 11.3 Å². The van der Waals surface area contributed by atoms with Crippen LogP contribution in [0.2, 0.25) is 0 Å². The number of benzene rings is 1. The summed E-state index contributed by atoms with van der Waals surface area (Å²) in [5.74, 6) is 2.16. The zero-order chi connectivity index (χ0) is 17.8. The van der Waals surface area contributed by atoms with Gasteiger partial charge in [-0.1, -0.05) is 0 Å². The second-order valence-corrected chi connectivity index (χ2v) is 5.89. The Labute approximate surface area is 146 Å². The molecule has 0 bridgehead atoms. The van der Waals surface area contributed by atoms with Gasteiger partial charge >= 0.3 is 0 Å². The topological polar surface area (TPSA) is 69.0 Å². The van der Waals surface area contributed by atoms with Crippen LogP contribution in [-0.4, -0.2) is 26.5 Å². The van der Waals surface area contributed by atoms with Crippen molar-refractivity contribution in [3.8, 4) is 11.6 Å². The Kier molecular flexibility index (Phi) is 4.79. The van der Waals surface area contributed by atoms with Crippen molar-refractivity contribution < 1.29 is 9.53 Å². The second kappa shape index (κ2) is 7.17. The standard InChI is InChI=1S/C19H20N4O2/c1-13(2)25-17-7-4-15(5-8-17)19(24)22-16-6-9-18(21-12-16)23-11-10-20-14(23)3/h4-13H,1-3H3,(H,22,24). The van der Waals surface area contributed by atoms with E-state index in [1.807, 2.05) is 43.7 Å². The summed E-state index contributed by atoms with van der Waals surface area (Å²) >= 11 is 0. The van der Waals surface area contributed by atoms with Crippen molar-refractivity contribution in [2.45, 2.75) is 26.9 Å². The lowest BCUT2D eigenvalue weighted by atomic mass is 10.2. The second-order valence-electron chi connectivity index (χ2n) is 5.89. The molecule has 1 N–H and O–H groups in total. The maximum atomic E-state index is 12.3. The van der Waals surface area contributed by atoms with Crippen LogP contribution in [-0.2, 0) is 0 Å². The van der Waals surface area contributed by atoms with Crippen molar-refractivity contribution in [1.82, 2.24) is 14.5 Å². The fourth-order valence-corrected chi connectivity index (χ4v) is 2.38. The van der Waals surface area contributed by atoms with Crippen LogP contribution in [0.1, 0.15) is 30.0 Å². The smallest absolute Gasteiger partial charge is 0.255 e. The normalized spacial score (nSPS) is 10.7. The van der Waals surface area contributed by atoms with E-state index in [4.69, 9.17) is 4.74 Å². The molecule has 25 heavy (non-hydrogen) atoms. The summed E-state index contributed by atoms with van der Waals surface area (Å²) in [6, 6.07) is 10.7. The third kappa shape index (κ3) is 4.03. The van der Waals surface area contributed by atoms with E-state index in [-0.39, 0.29) is 12.0 Å². The molecule has 0 spiro atoms. The number of ether oxygens (including phenoxy) is 1. The van der Waals surface area contributed by atoms with Crippen molar-refractivity contribution in [1.29, 1.82) is 0 Å². The Hall–Kier alpha value is -3.15. The number of anilines is 1. The van der Waals surface area contributed by atoms with Gasteiger partial charge in [-0.15, -0.1) is 0 Å². The zero-order valence-electron chi connectivity index (χ0n) is 14.4. The Morgan fingerprint density at radius 1 is 1.12 bits per heavy atom. The molecule has 0 radical (unpaired) electrons. The van der Waals surface area contributed by atoms with Crippen LogP contribution >= 0.6 is 0 Å². The first kappa shape index (κ1) is 16.7. The molecule has 2 aromatic heterocycles. The first-order chi connectivity index (χ1) is 12.0. The van der Waals surface area contributed by atoms with Gasteiger partial charge in [-0.3, -0.25) is 9.36 Å². The van der Waals surface area contributed by atoms with Gasteiger partial charge in [0.2, 0.25) is 0 Å². The Balaban J connectivity index is 1.67. The molecule has 128 valence electrons. The SMILES string of the molecule is Cc1nccn1-c1ccc(NC(=O)c2ccc(OC(C)C)cc2)cn1. The molecule has 0 fully saturated rings. The first-order valence-corrected chi connectivity index (χ1v) is 8.07. The van der Waals surface area contributed by atoms with Crippen molar-refractivity contribution >= 4 is 11.6 Å². The molecule has 0 aliphatic rings. The van der Waals surface area contributed by atoms with Crippen LogP contribution in [0.3, 0.4) is 0 Å². The van der Waals surface area contributed by atoms with E-state index in [1.54, 1.807) is 36.7 Å². The molecule has 6 heteroatoms. The Morgan fingerprint density at radius 3 is 2.44 bits per heavy atom. The van der Waals surface area contributed by atoms with Gasteiger partial charge in [-0.25, -0.2) is 9.97 Å². The van der Waals surface area contributed by atoms with Gasteiger partial charge in [-0.2, -0.15) is 0 Å². The van der Waals surface area contributed by atoms with E-state index in [9.17, 15) is 4.79 Å². The number of carbonyl (C=O) groups excluding carboxylic acids is 1. The summed E-state index contributed by atoms with van der Waals surface area (Å²) < 4.78 is 7.45. The number of hydrogen-bond acceptors (Lipinski definition) is 4. The molecular formula is C19H20N4O2. The van der Waals surface area contributed by atoms with Crippen molar-refractivity contribution in [3.63, 3.8) is 0 Å². The van der Waals surface area contributed by atoms with E-state index >= 15 is 0 Å². The molecule has 0 atom stereocenters. The van der Waals surface area contributed by atoms with E-state index in [2.05, 4.69) is 15.3 Å². The average molecular weight is 336 g/mol. The minimum absolute atomic E-state index is 0.100. The van der Waals surface area contributed by atoms with Gasteiger partial charge < -0.3 is 10.1 Å². The largest absolute Gasteiger partial charge is 0.491 e.